The molecule has 0 unspecified atom stereocenters. The average molecular weight is 457 g/mol. The number of fused-ring (bicyclic) bond motifs is 1. The number of alkyl halides is 3. The monoisotopic (exact) mass is 457 g/mol. The molecule has 1 aromatic carbocycles. The maximum Gasteiger partial charge on any atom is 0.421 e. The number of aromatic nitrogens is 3. The van der Waals surface area contributed by atoms with Crippen molar-refractivity contribution in [3.8, 4) is 11.8 Å². The van der Waals surface area contributed by atoms with Gasteiger partial charge in [0.15, 0.2) is 5.65 Å². The first-order chi connectivity index (χ1) is 15.1. The van der Waals surface area contributed by atoms with Gasteiger partial charge in [0, 0.05) is 23.3 Å². The summed E-state index contributed by atoms with van der Waals surface area (Å²) in [6.45, 7) is 1.82. The van der Waals surface area contributed by atoms with E-state index in [4.69, 9.17) is 0 Å². The normalized spacial score (nSPS) is 11.9. The number of aromatic amines is 1. The van der Waals surface area contributed by atoms with Crippen molar-refractivity contribution < 1.29 is 21.6 Å². The number of nitrogens with one attached hydrogen (secondary N) is 1. The van der Waals surface area contributed by atoms with E-state index in [1.54, 1.807) is 24.3 Å². The number of pyridine rings is 2. The topological polar surface area (TPSA) is 84.8 Å². The lowest BCUT2D eigenvalue weighted by atomic mass is 10.2. The van der Waals surface area contributed by atoms with Gasteiger partial charge in [0.2, 0.25) is 0 Å². The van der Waals surface area contributed by atoms with Crippen LogP contribution in [0.3, 0.4) is 0 Å². The molecule has 0 spiro atoms. The van der Waals surface area contributed by atoms with E-state index in [-0.39, 0.29) is 21.8 Å². The maximum atomic E-state index is 13.3. The lowest BCUT2D eigenvalue weighted by molar-refractivity contribution is -0.138. The Morgan fingerprint density at radius 3 is 2.47 bits per heavy atom. The predicted octanol–water partition coefficient (Wildman–Crippen LogP) is 3.69. The summed E-state index contributed by atoms with van der Waals surface area (Å²) in [4.78, 5) is 17.6. The third-order valence-electron chi connectivity index (χ3n) is 4.62. The summed E-state index contributed by atoms with van der Waals surface area (Å²) in [6.07, 6.45) is -2.39. The van der Waals surface area contributed by atoms with Crippen molar-refractivity contribution in [2.24, 2.45) is 0 Å². The molecule has 1 N–H and O–H groups in total. The molecule has 0 aliphatic rings. The minimum Gasteiger partial charge on any atom is -0.327 e. The molecule has 0 saturated heterocycles. The lowest BCUT2D eigenvalue weighted by Crippen LogP contribution is -2.21. The number of H-pyrrole nitrogens is 1. The molecule has 0 aliphatic heterocycles. The van der Waals surface area contributed by atoms with Crippen LogP contribution in [-0.2, 0) is 16.2 Å². The quantitative estimate of drug-likeness (QED) is 0.466. The van der Waals surface area contributed by atoms with E-state index in [9.17, 15) is 26.4 Å². The first kappa shape index (κ1) is 21.4. The van der Waals surface area contributed by atoms with Crippen LogP contribution in [0.5, 0.6) is 0 Å². The molecule has 0 aliphatic carbocycles. The van der Waals surface area contributed by atoms with Crippen LogP contribution in [0.1, 0.15) is 22.4 Å². The van der Waals surface area contributed by atoms with Crippen LogP contribution in [-0.4, -0.2) is 22.4 Å². The molecule has 0 atom stereocenters. The minimum atomic E-state index is -4.85. The van der Waals surface area contributed by atoms with Gasteiger partial charge in [0.25, 0.3) is 15.6 Å². The summed E-state index contributed by atoms with van der Waals surface area (Å²) in [6, 6.07) is 11.6. The van der Waals surface area contributed by atoms with E-state index in [1.807, 2.05) is 11.9 Å². The summed E-state index contributed by atoms with van der Waals surface area (Å²) >= 11 is 0. The van der Waals surface area contributed by atoms with E-state index in [0.717, 1.165) is 15.7 Å². The molecule has 162 valence electrons. The molecule has 4 rings (SSSR count). The zero-order valence-corrected chi connectivity index (χ0v) is 17.3. The molecule has 4 aromatic rings. The molecule has 3 aromatic heterocycles. The maximum absolute atomic E-state index is 13.3. The highest BCUT2D eigenvalue weighted by molar-refractivity contribution is 7.90. The highest BCUT2D eigenvalue weighted by Crippen LogP contribution is 2.27. The summed E-state index contributed by atoms with van der Waals surface area (Å²) in [5, 5.41) is 0.491. The van der Waals surface area contributed by atoms with Crippen LogP contribution in [0.4, 0.5) is 13.2 Å². The van der Waals surface area contributed by atoms with Crippen molar-refractivity contribution in [1.29, 1.82) is 0 Å². The molecular weight excluding hydrogens is 443 g/mol. The highest BCUT2D eigenvalue weighted by Gasteiger charge is 2.34. The van der Waals surface area contributed by atoms with Gasteiger partial charge in [0.05, 0.1) is 4.90 Å². The molecule has 0 fully saturated rings. The van der Waals surface area contributed by atoms with Gasteiger partial charge < -0.3 is 4.98 Å². The number of aryl methyl sites for hydroxylation is 1. The Labute approximate surface area is 180 Å². The molecule has 0 bridgehead atoms. The van der Waals surface area contributed by atoms with Gasteiger partial charge in [-0.2, -0.15) is 13.2 Å². The van der Waals surface area contributed by atoms with Crippen LogP contribution in [0.25, 0.3) is 11.0 Å². The smallest absolute Gasteiger partial charge is 0.327 e. The fourth-order valence-corrected chi connectivity index (χ4v) is 4.49. The van der Waals surface area contributed by atoms with Crippen LogP contribution >= 0.6 is 0 Å². The molecule has 10 heteroatoms. The summed E-state index contributed by atoms with van der Waals surface area (Å²) in [5.41, 5.74) is -1.79. The Morgan fingerprint density at radius 2 is 1.78 bits per heavy atom. The standard InChI is InChI=1S/C22H14F3N3O3S/c1-14-4-8-18(9-5-14)32(30,31)28-17(12-16-3-2-10-26-20(16)28)7-6-15-11-19(22(23,24)25)21(29)27-13-15/h2-5,8-13H,1H3,(H,27,29). The number of nitrogens with zero attached hydrogens (tertiary/aromatic N) is 2. The number of benzene rings is 1. The van der Waals surface area contributed by atoms with Gasteiger partial charge in [-0.05, 0) is 49.2 Å². The molecule has 0 saturated carbocycles. The van der Waals surface area contributed by atoms with E-state index < -0.39 is 27.3 Å². The van der Waals surface area contributed by atoms with Gasteiger partial charge in [-0.1, -0.05) is 23.6 Å². The predicted molar refractivity (Wildman–Crippen MR) is 112 cm³/mol. The van der Waals surface area contributed by atoms with Crippen molar-refractivity contribution >= 4 is 21.1 Å². The van der Waals surface area contributed by atoms with Crippen LogP contribution in [0.15, 0.2) is 70.6 Å². The second-order valence-electron chi connectivity index (χ2n) is 6.91. The van der Waals surface area contributed by atoms with E-state index in [0.29, 0.717) is 11.5 Å². The highest BCUT2D eigenvalue weighted by atomic mass is 32.2. The SMILES string of the molecule is Cc1ccc(S(=O)(=O)n2c(C#Cc3c[nH]c(=O)c(C(F)(F)F)c3)cc3cccnc32)cc1. The van der Waals surface area contributed by atoms with E-state index in [1.165, 1.54) is 24.4 Å². The minimum absolute atomic E-state index is 0.0118. The molecule has 0 radical (unpaired) electrons. The van der Waals surface area contributed by atoms with Gasteiger partial charge >= 0.3 is 6.18 Å². The van der Waals surface area contributed by atoms with Gasteiger partial charge in [0.1, 0.15) is 11.3 Å². The number of rotatable bonds is 2. The van der Waals surface area contributed by atoms with Crippen molar-refractivity contribution in [1.82, 2.24) is 13.9 Å². The summed E-state index contributed by atoms with van der Waals surface area (Å²) < 4.78 is 66.7. The average Bonchev–Trinajstić information content (AvgIpc) is 3.12. The Kier molecular flexibility index (Phi) is 5.14. The van der Waals surface area contributed by atoms with Crippen LogP contribution < -0.4 is 5.56 Å². The Balaban J connectivity index is 1.90. The molecule has 6 nitrogen and oxygen atoms in total. The Bertz CT molecular complexity index is 1560. The van der Waals surface area contributed by atoms with Crippen LogP contribution in [0, 0.1) is 18.8 Å². The largest absolute Gasteiger partial charge is 0.421 e. The van der Waals surface area contributed by atoms with Crippen molar-refractivity contribution in [3.05, 3.63) is 93.7 Å². The number of hydrogen-bond donors (Lipinski definition) is 1. The van der Waals surface area contributed by atoms with Gasteiger partial charge in [-0.25, -0.2) is 17.4 Å². The van der Waals surface area contributed by atoms with Crippen molar-refractivity contribution in [2.45, 2.75) is 18.0 Å². The first-order valence-corrected chi connectivity index (χ1v) is 10.6. The zero-order chi connectivity index (χ0) is 23.1. The molecular formula is C22H14F3N3O3S. The third-order valence-corrected chi connectivity index (χ3v) is 6.34. The fraction of sp³-hybridized carbons (Fsp3) is 0.0909. The van der Waals surface area contributed by atoms with E-state index >= 15 is 0 Å². The Hall–Kier alpha value is -3.84. The number of halogens is 3. The second kappa shape index (κ2) is 7.69. The van der Waals surface area contributed by atoms with Crippen molar-refractivity contribution in [2.75, 3.05) is 0 Å². The molecule has 32 heavy (non-hydrogen) atoms. The second-order valence-corrected chi connectivity index (χ2v) is 8.69. The van der Waals surface area contributed by atoms with Crippen LogP contribution in [0.2, 0.25) is 0 Å². The zero-order valence-electron chi connectivity index (χ0n) is 16.4. The molecule has 0 amide bonds. The first-order valence-electron chi connectivity index (χ1n) is 9.18. The fourth-order valence-electron chi connectivity index (χ4n) is 3.06. The Morgan fingerprint density at radius 1 is 1.06 bits per heavy atom. The number of hydrogen-bond acceptors (Lipinski definition) is 4. The third kappa shape index (κ3) is 3.90. The van der Waals surface area contributed by atoms with Gasteiger partial charge in [-0.15, -0.1) is 0 Å². The lowest BCUT2D eigenvalue weighted by Gasteiger charge is -2.09. The molecule has 3 heterocycles. The summed E-state index contributed by atoms with van der Waals surface area (Å²) in [5.74, 6) is 5.11. The summed E-state index contributed by atoms with van der Waals surface area (Å²) in [7, 11) is -4.10. The van der Waals surface area contributed by atoms with Crippen molar-refractivity contribution in [3.63, 3.8) is 0 Å². The van der Waals surface area contributed by atoms with Gasteiger partial charge in [-0.3, -0.25) is 4.79 Å². The van der Waals surface area contributed by atoms with E-state index in [2.05, 4.69) is 16.8 Å².